The van der Waals surface area contributed by atoms with Crippen molar-refractivity contribution < 1.29 is 0 Å². The number of benzene rings is 2. The summed E-state index contributed by atoms with van der Waals surface area (Å²) in [5.41, 5.74) is 12.0. The average molecular weight is 352 g/mol. The fraction of sp³-hybridized carbons (Fsp3) is 0.333. The molecule has 23 heavy (non-hydrogen) atoms. The SMILES string of the molecule is CCCC(N)N(Cc1cccc(Cl)c1)NCc1ccc(Cl)cc1. The summed E-state index contributed by atoms with van der Waals surface area (Å²) in [7, 11) is 0. The molecule has 0 aliphatic carbocycles. The van der Waals surface area contributed by atoms with Crippen LogP contribution in [0.2, 0.25) is 10.0 Å². The molecule has 1 atom stereocenters. The lowest BCUT2D eigenvalue weighted by Crippen LogP contribution is -2.49. The van der Waals surface area contributed by atoms with Crippen molar-refractivity contribution in [2.75, 3.05) is 0 Å². The van der Waals surface area contributed by atoms with E-state index >= 15 is 0 Å². The third-order valence-electron chi connectivity index (χ3n) is 3.63. The van der Waals surface area contributed by atoms with Gasteiger partial charge in [-0.2, -0.15) is 0 Å². The standard InChI is InChI=1S/C18H23Cl2N3/c1-2-4-18(21)23(13-15-5-3-6-17(20)11-15)22-12-14-7-9-16(19)10-8-14/h3,5-11,18,22H,2,4,12-13,21H2,1H3. The molecule has 0 spiro atoms. The minimum atomic E-state index is -0.0497. The van der Waals surface area contributed by atoms with Gasteiger partial charge in [-0.3, -0.25) is 0 Å². The van der Waals surface area contributed by atoms with Crippen molar-refractivity contribution >= 4 is 23.2 Å². The molecule has 0 fully saturated rings. The van der Waals surface area contributed by atoms with Crippen LogP contribution in [0.25, 0.3) is 0 Å². The number of hydrazine groups is 1. The third-order valence-corrected chi connectivity index (χ3v) is 4.11. The predicted octanol–water partition coefficient (Wildman–Crippen LogP) is 4.59. The van der Waals surface area contributed by atoms with Crippen molar-refractivity contribution in [1.82, 2.24) is 10.4 Å². The molecule has 0 aliphatic heterocycles. The average Bonchev–Trinajstić information content (AvgIpc) is 2.53. The fourth-order valence-corrected chi connectivity index (χ4v) is 2.71. The van der Waals surface area contributed by atoms with Gasteiger partial charge in [0, 0.05) is 23.1 Å². The van der Waals surface area contributed by atoms with Crippen molar-refractivity contribution in [3.63, 3.8) is 0 Å². The van der Waals surface area contributed by atoms with E-state index in [-0.39, 0.29) is 6.17 Å². The van der Waals surface area contributed by atoms with Crippen LogP contribution in [0.3, 0.4) is 0 Å². The number of hydrogen-bond acceptors (Lipinski definition) is 3. The smallest absolute Gasteiger partial charge is 0.0711 e. The summed E-state index contributed by atoms with van der Waals surface area (Å²) >= 11 is 12.0. The molecule has 0 saturated heterocycles. The summed E-state index contributed by atoms with van der Waals surface area (Å²) < 4.78 is 0. The van der Waals surface area contributed by atoms with Crippen LogP contribution in [0, 0.1) is 0 Å². The highest BCUT2D eigenvalue weighted by Crippen LogP contribution is 2.14. The molecule has 3 nitrogen and oxygen atoms in total. The molecule has 1 unspecified atom stereocenters. The molecule has 2 aromatic rings. The first kappa shape index (κ1) is 18.2. The highest BCUT2D eigenvalue weighted by Gasteiger charge is 2.14. The molecule has 3 N–H and O–H groups in total. The van der Waals surface area contributed by atoms with E-state index in [1.165, 1.54) is 0 Å². The van der Waals surface area contributed by atoms with Crippen LogP contribution in [-0.2, 0) is 13.1 Å². The van der Waals surface area contributed by atoms with Gasteiger partial charge in [-0.1, -0.05) is 60.8 Å². The van der Waals surface area contributed by atoms with Gasteiger partial charge in [-0.15, -0.1) is 0 Å². The van der Waals surface area contributed by atoms with Gasteiger partial charge >= 0.3 is 0 Å². The monoisotopic (exact) mass is 351 g/mol. The lowest BCUT2D eigenvalue weighted by Gasteiger charge is -2.29. The number of nitrogens with zero attached hydrogens (tertiary/aromatic N) is 1. The normalized spacial score (nSPS) is 12.6. The number of nitrogens with one attached hydrogen (secondary N) is 1. The van der Waals surface area contributed by atoms with Gasteiger partial charge in [0.1, 0.15) is 0 Å². The highest BCUT2D eigenvalue weighted by atomic mass is 35.5. The molecule has 0 aliphatic rings. The molecule has 5 heteroatoms. The molecule has 2 aromatic carbocycles. The van der Waals surface area contributed by atoms with Crippen LogP contribution in [0.4, 0.5) is 0 Å². The van der Waals surface area contributed by atoms with Crippen molar-refractivity contribution in [2.45, 2.75) is 39.0 Å². The summed E-state index contributed by atoms with van der Waals surface area (Å²) in [5, 5.41) is 3.56. The number of halogens is 2. The Labute approximate surface area is 148 Å². The highest BCUT2D eigenvalue weighted by molar-refractivity contribution is 6.30. The largest absolute Gasteiger partial charge is 0.315 e. The zero-order valence-corrected chi connectivity index (χ0v) is 14.8. The van der Waals surface area contributed by atoms with Crippen LogP contribution < -0.4 is 11.2 Å². The van der Waals surface area contributed by atoms with Gasteiger partial charge in [0.2, 0.25) is 0 Å². The van der Waals surface area contributed by atoms with Gasteiger partial charge in [0.05, 0.1) is 6.17 Å². The van der Waals surface area contributed by atoms with Gasteiger partial charge in [0.15, 0.2) is 0 Å². The topological polar surface area (TPSA) is 41.3 Å². The van der Waals surface area contributed by atoms with Crippen LogP contribution in [-0.4, -0.2) is 11.2 Å². The van der Waals surface area contributed by atoms with E-state index in [2.05, 4.69) is 23.4 Å². The Bertz CT molecular complexity index is 601. The quantitative estimate of drug-likeness (QED) is 0.540. The minimum absolute atomic E-state index is 0.0497. The van der Waals surface area contributed by atoms with Gasteiger partial charge in [0.25, 0.3) is 0 Å². The van der Waals surface area contributed by atoms with E-state index < -0.39 is 0 Å². The maximum atomic E-state index is 6.31. The van der Waals surface area contributed by atoms with Crippen molar-refractivity contribution in [3.8, 4) is 0 Å². The second kappa shape index (κ2) is 9.26. The first-order valence-electron chi connectivity index (χ1n) is 7.83. The van der Waals surface area contributed by atoms with E-state index in [9.17, 15) is 0 Å². The second-order valence-corrected chi connectivity index (χ2v) is 6.45. The third kappa shape index (κ3) is 6.13. The molecular formula is C18H23Cl2N3. The maximum absolute atomic E-state index is 6.31. The van der Waals surface area contributed by atoms with E-state index in [1.807, 2.05) is 42.5 Å². The lowest BCUT2D eigenvalue weighted by molar-refractivity contribution is 0.106. The van der Waals surface area contributed by atoms with Crippen molar-refractivity contribution in [3.05, 3.63) is 69.7 Å². The molecule has 0 heterocycles. The van der Waals surface area contributed by atoms with Crippen LogP contribution in [0.15, 0.2) is 48.5 Å². The Morgan fingerprint density at radius 3 is 2.43 bits per heavy atom. The Kier molecular flexibility index (Phi) is 7.34. The molecule has 0 saturated carbocycles. The molecule has 2 rings (SSSR count). The van der Waals surface area contributed by atoms with E-state index in [0.717, 1.165) is 34.0 Å². The lowest BCUT2D eigenvalue weighted by atomic mass is 10.2. The fourth-order valence-electron chi connectivity index (χ4n) is 2.37. The molecule has 124 valence electrons. The predicted molar refractivity (Wildman–Crippen MR) is 98.2 cm³/mol. The van der Waals surface area contributed by atoms with E-state index in [1.54, 1.807) is 0 Å². The Hall–Kier alpha value is -1.10. The van der Waals surface area contributed by atoms with Crippen LogP contribution in [0.1, 0.15) is 30.9 Å². The first-order chi connectivity index (χ1) is 11.1. The molecule has 0 bridgehead atoms. The second-order valence-electron chi connectivity index (χ2n) is 5.58. The molecule has 0 aromatic heterocycles. The summed E-state index contributed by atoms with van der Waals surface area (Å²) in [5.74, 6) is 0. The number of hydrogen-bond donors (Lipinski definition) is 2. The van der Waals surface area contributed by atoms with Gasteiger partial charge in [-0.05, 0) is 41.8 Å². The zero-order valence-electron chi connectivity index (χ0n) is 13.3. The Morgan fingerprint density at radius 2 is 1.78 bits per heavy atom. The van der Waals surface area contributed by atoms with E-state index in [4.69, 9.17) is 28.9 Å². The van der Waals surface area contributed by atoms with Crippen molar-refractivity contribution in [1.29, 1.82) is 0 Å². The molecule has 0 radical (unpaired) electrons. The van der Waals surface area contributed by atoms with E-state index in [0.29, 0.717) is 13.1 Å². The van der Waals surface area contributed by atoms with Crippen LogP contribution in [0.5, 0.6) is 0 Å². The maximum Gasteiger partial charge on any atom is 0.0711 e. The summed E-state index contributed by atoms with van der Waals surface area (Å²) in [6.07, 6.45) is 1.91. The van der Waals surface area contributed by atoms with Gasteiger partial charge in [-0.25, -0.2) is 10.4 Å². The summed E-state index contributed by atoms with van der Waals surface area (Å²) in [6.45, 7) is 3.54. The number of nitrogens with two attached hydrogens (primary N) is 1. The molecular weight excluding hydrogens is 329 g/mol. The van der Waals surface area contributed by atoms with Gasteiger partial charge < -0.3 is 5.73 Å². The zero-order chi connectivity index (χ0) is 16.7. The summed E-state index contributed by atoms with van der Waals surface area (Å²) in [6, 6.07) is 15.7. The van der Waals surface area contributed by atoms with Crippen molar-refractivity contribution in [2.24, 2.45) is 5.73 Å². The Morgan fingerprint density at radius 1 is 1.04 bits per heavy atom. The van der Waals surface area contributed by atoms with Crippen LogP contribution >= 0.6 is 23.2 Å². The summed E-state index contributed by atoms with van der Waals surface area (Å²) in [4.78, 5) is 0. The number of rotatable bonds is 8. The Balaban J connectivity index is 2.02. The minimum Gasteiger partial charge on any atom is -0.315 e. The first-order valence-corrected chi connectivity index (χ1v) is 8.58. The molecule has 0 amide bonds.